The topological polar surface area (TPSA) is 34.6 Å². The molecule has 1 aliphatic heterocycles. The predicted octanol–water partition coefficient (Wildman–Crippen LogP) is 5.55. The van der Waals surface area contributed by atoms with Crippen LogP contribution in [0.2, 0.25) is 5.02 Å². The summed E-state index contributed by atoms with van der Waals surface area (Å²) >= 11 is 5.97. The van der Waals surface area contributed by atoms with Gasteiger partial charge < -0.3 is 9.47 Å². The van der Waals surface area contributed by atoms with E-state index in [2.05, 4.69) is 16.0 Å². The molecule has 1 saturated heterocycles. The average molecular weight is 409 g/mol. The van der Waals surface area contributed by atoms with Gasteiger partial charge in [-0.2, -0.15) is 0 Å². The van der Waals surface area contributed by atoms with E-state index in [1.165, 1.54) is 25.9 Å². The van der Waals surface area contributed by atoms with Crippen LogP contribution in [0.1, 0.15) is 12.8 Å². The van der Waals surface area contributed by atoms with Crippen LogP contribution >= 0.6 is 11.6 Å². The normalized spacial score (nSPS) is 14.1. The molecule has 0 aliphatic carbocycles. The van der Waals surface area contributed by atoms with Crippen molar-refractivity contribution in [2.45, 2.75) is 12.8 Å². The standard InChI is InChI=1S/C24H25ClN2O2/c1-28-24-16-19(7-11-23(24)29-15-14-27-12-2-3-13-27)22-10-6-20(17-26-22)18-4-8-21(25)9-5-18/h4-11,16-17H,2-3,12-15H2,1H3. The van der Waals surface area contributed by atoms with Crippen molar-refractivity contribution in [3.05, 3.63) is 65.8 Å². The summed E-state index contributed by atoms with van der Waals surface area (Å²) in [6.45, 7) is 3.98. The number of benzene rings is 2. The molecule has 5 heteroatoms. The van der Waals surface area contributed by atoms with Gasteiger partial charge in [-0.1, -0.05) is 29.8 Å². The van der Waals surface area contributed by atoms with Crippen molar-refractivity contribution in [3.8, 4) is 33.9 Å². The zero-order chi connectivity index (χ0) is 20.1. The summed E-state index contributed by atoms with van der Waals surface area (Å²) in [5.74, 6) is 1.50. The van der Waals surface area contributed by atoms with Gasteiger partial charge >= 0.3 is 0 Å². The number of methoxy groups -OCH3 is 1. The van der Waals surface area contributed by atoms with Gasteiger partial charge in [0.05, 0.1) is 12.8 Å². The van der Waals surface area contributed by atoms with Crippen molar-refractivity contribution >= 4 is 11.6 Å². The Balaban J connectivity index is 1.45. The van der Waals surface area contributed by atoms with Gasteiger partial charge in [-0.15, -0.1) is 0 Å². The molecule has 0 N–H and O–H groups in total. The van der Waals surface area contributed by atoms with Gasteiger partial charge in [-0.05, 0) is 67.9 Å². The van der Waals surface area contributed by atoms with Gasteiger partial charge in [0.2, 0.25) is 0 Å². The van der Waals surface area contributed by atoms with E-state index < -0.39 is 0 Å². The fourth-order valence-electron chi connectivity index (χ4n) is 3.61. The summed E-state index contributed by atoms with van der Waals surface area (Å²) in [7, 11) is 1.67. The number of nitrogens with zero attached hydrogens (tertiary/aromatic N) is 2. The number of aromatic nitrogens is 1. The monoisotopic (exact) mass is 408 g/mol. The molecule has 2 aromatic carbocycles. The van der Waals surface area contributed by atoms with Crippen molar-refractivity contribution in [1.82, 2.24) is 9.88 Å². The van der Waals surface area contributed by atoms with Crippen LogP contribution in [0.3, 0.4) is 0 Å². The van der Waals surface area contributed by atoms with E-state index in [-0.39, 0.29) is 0 Å². The van der Waals surface area contributed by atoms with Crippen molar-refractivity contribution in [1.29, 1.82) is 0 Å². The molecular weight excluding hydrogens is 384 g/mol. The van der Waals surface area contributed by atoms with E-state index in [0.717, 1.165) is 45.5 Å². The maximum absolute atomic E-state index is 5.97. The lowest BCUT2D eigenvalue weighted by Crippen LogP contribution is -2.25. The highest BCUT2D eigenvalue weighted by Gasteiger charge is 2.12. The van der Waals surface area contributed by atoms with Crippen LogP contribution in [0, 0.1) is 0 Å². The molecule has 0 saturated carbocycles. The molecule has 150 valence electrons. The van der Waals surface area contributed by atoms with Crippen LogP contribution in [0.4, 0.5) is 0 Å². The van der Waals surface area contributed by atoms with E-state index in [1.807, 2.05) is 54.7 Å². The minimum Gasteiger partial charge on any atom is -0.493 e. The molecule has 0 radical (unpaired) electrons. The molecule has 4 rings (SSSR count). The van der Waals surface area contributed by atoms with E-state index >= 15 is 0 Å². The van der Waals surface area contributed by atoms with Crippen molar-refractivity contribution < 1.29 is 9.47 Å². The summed E-state index contributed by atoms with van der Waals surface area (Å²) in [5.41, 5.74) is 4.04. The molecule has 0 amide bonds. The molecule has 1 aromatic heterocycles. The molecule has 0 spiro atoms. The smallest absolute Gasteiger partial charge is 0.161 e. The first kappa shape index (κ1) is 19.7. The Morgan fingerprint density at radius 2 is 1.62 bits per heavy atom. The van der Waals surface area contributed by atoms with E-state index in [1.54, 1.807) is 7.11 Å². The highest BCUT2D eigenvalue weighted by atomic mass is 35.5. The Morgan fingerprint density at radius 1 is 0.897 bits per heavy atom. The third-order valence-corrected chi connectivity index (χ3v) is 5.52. The lowest BCUT2D eigenvalue weighted by molar-refractivity contribution is 0.230. The third kappa shape index (κ3) is 4.89. The largest absolute Gasteiger partial charge is 0.493 e. The SMILES string of the molecule is COc1cc(-c2ccc(-c3ccc(Cl)cc3)cn2)ccc1OCCN1CCCC1. The Morgan fingerprint density at radius 3 is 2.31 bits per heavy atom. The number of likely N-dealkylation sites (tertiary alicyclic amines) is 1. The highest BCUT2D eigenvalue weighted by molar-refractivity contribution is 6.30. The Bertz CT molecular complexity index is 936. The number of rotatable bonds is 7. The fraction of sp³-hybridized carbons (Fsp3) is 0.292. The number of hydrogen-bond acceptors (Lipinski definition) is 4. The van der Waals surface area contributed by atoms with Crippen molar-refractivity contribution in [3.63, 3.8) is 0 Å². The van der Waals surface area contributed by atoms with Gasteiger partial charge in [0.1, 0.15) is 6.61 Å². The molecule has 29 heavy (non-hydrogen) atoms. The van der Waals surface area contributed by atoms with E-state index in [0.29, 0.717) is 6.61 Å². The number of hydrogen-bond donors (Lipinski definition) is 0. The molecule has 0 unspecified atom stereocenters. The quantitative estimate of drug-likeness (QED) is 0.513. The molecule has 2 heterocycles. The van der Waals surface area contributed by atoms with Gasteiger partial charge in [-0.3, -0.25) is 9.88 Å². The lowest BCUT2D eigenvalue weighted by Gasteiger charge is -2.16. The summed E-state index contributed by atoms with van der Waals surface area (Å²) in [5, 5.41) is 0.730. The van der Waals surface area contributed by atoms with Crippen molar-refractivity contribution in [2.75, 3.05) is 33.4 Å². The predicted molar refractivity (Wildman–Crippen MR) is 118 cm³/mol. The first-order valence-electron chi connectivity index (χ1n) is 9.98. The second-order valence-electron chi connectivity index (χ2n) is 7.20. The fourth-order valence-corrected chi connectivity index (χ4v) is 3.74. The molecule has 0 atom stereocenters. The first-order valence-corrected chi connectivity index (χ1v) is 10.4. The molecule has 3 aromatic rings. The Kier molecular flexibility index (Phi) is 6.33. The maximum Gasteiger partial charge on any atom is 0.161 e. The molecular formula is C24H25ClN2O2. The van der Waals surface area contributed by atoms with Gasteiger partial charge in [0.15, 0.2) is 11.5 Å². The Labute approximate surface area is 177 Å². The molecule has 4 nitrogen and oxygen atoms in total. The second kappa shape index (κ2) is 9.29. The summed E-state index contributed by atoms with van der Waals surface area (Å²) in [6.07, 6.45) is 4.47. The summed E-state index contributed by atoms with van der Waals surface area (Å²) < 4.78 is 11.5. The zero-order valence-electron chi connectivity index (χ0n) is 16.6. The summed E-state index contributed by atoms with van der Waals surface area (Å²) in [4.78, 5) is 7.07. The van der Waals surface area contributed by atoms with E-state index in [9.17, 15) is 0 Å². The first-order chi connectivity index (χ1) is 14.2. The number of ether oxygens (including phenoxy) is 2. The van der Waals surface area contributed by atoms with Gasteiger partial charge in [-0.25, -0.2) is 0 Å². The summed E-state index contributed by atoms with van der Waals surface area (Å²) in [6, 6.07) is 17.8. The minimum atomic E-state index is 0.670. The zero-order valence-corrected chi connectivity index (χ0v) is 17.4. The molecule has 0 bridgehead atoms. The molecule has 1 fully saturated rings. The third-order valence-electron chi connectivity index (χ3n) is 5.26. The Hall–Kier alpha value is -2.56. The lowest BCUT2D eigenvalue weighted by atomic mass is 10.1. The number of pyridine rings is 1. The van der Waals surface area contributed by atoms with Crippen LogP contribution in [0.15, 0.2) is 60.8 Å². The second-order valence-corrected chi connectivity index (χ2v) is 7.64. The van der Waals surface area contributed by atoms with Crippen LogP contribution in [0.25, 0.3) is 22.4 Å². The minimum absolute atomic E-state index is 0.670. The average Bonchev–Trinajstić information content (AvgIpc) is 3.28. The number of halogens is 1. The van der Waals surface area contributed by atoms with Gasteiger partial charge in [0, 0.05) is 28.9 Å². The van der Waals surface area contributed by atoms with Gasteiger partial charge in [0.25, 0.3) is 0 Å². The van der Waals surface area contributed by atoms with Crippen LogP contribution in [-0.4, -0.2) is 43.2 Å². The van der Waals surface area contributed by atoms with E-state index in [4.69, 9.17) is 21.1 Å². The highest BCUT2D eigenvalue weighted by Crippen LogP contribution is 2.32. The van der Waals surface area contributed by atoms with Crippen LogP contribution < -0.4 is 9.47 Å². The molecule has 1 aliphatic rings. The van der Waals surface area contributed by atoms with Crippen molar-refractivity contribution in [2.24, 2.45) is 0 Å². The van der Waals surface area contributed by atoms with Crippen LogP contribution in [-0.2, 0) is 0 Å². The maximum atomic E-state index is 5.97. The van der Waals surface area contributed by atoms with Crippen LogP contribution in [0.5, 0.6) is 11.5 Å².